The maximum absolute atomic E-state index is 12.5. The van der Waals surface area contributed by atoms with Gasteiger partial charge in [-0.25, -0.2) is 8.78 Å². The van der Waals surface area contributed by atoms with Crippen molar-refractivity contribution in [3.8, 4) is 0 Å². The first-order valence-electron chi connectivity index (χ1n) is 4.47. The van der Waals surface area contributed by atoms with E-state index in [1.165, 1.54) is 19.2 Å². The van der Waals surface area contributed by atoms with Crippen molar-refractivity contribution in [1.29, 1.82) is 0 Å². The monoisotopic (exact) mass is 293 g/mol. The number of methoxy groups -OCH3 is 1. The van der Waals surface area contributed by atoms with Crippen molar-refractivity contribution < 1.29 is 18.3 Å². The first-order valence-corrected chi connectivity index (χ1v) is 5.59. The zero-order valence-corrected chi connectivity index (χ0v) is 10.1. The van der Waals surface area contributed by atoms with Gasteiger partial charge in [0.2, 0.25) is 0 Å². The minimum absolute atomic E-state index is 0.100. The number of nitrogens with zero attached hydrogens (tertiary/aromatic N) is 1. The quantitative estimate of drug-likeness (QED) is 0.633. The van der Waals surface area contributed by atoms with Crippen LogP contribution in [0.1, 0.15) is 23.4 Å². The summed E-state index contributed by atoms with van der Waals surface area (Å²) in [6, 6.07) is 2.52. The third-order valence-electron chi connectivity index (χ3n) is 1.90. The molecule has 0 radical (unpaired) electrons. The van der Waals surface area contributed by atoms with Gasteiger partial charge in [0.1, 0.15) is 0 Å². The molecule has 6 heteroatoms. The molecule has 0 fully saturated rings. The molecule has 0 saturated carbocycles. The molecule has 16 heavy (non-hydrogen) atoms. The van der Waals surface area contributed by atoms with E-state index >= 15 is 0 Å². The molecule has 3 nitrogen and oxygen atoms in total. The highest BCUT2D eigenvalue weighted by atomic mass is 79.9. The van der Waals surface area contributed by atoms with Gasteiger partial charge in [0, 0.05) is 10.9 Å². The molecule has 0 aliphatic rings. The molecule has 0 bridgehead atoms. The molecule has 1 rings (SSSR count). The third-order valence-corrected chi connectivity index (χ3v) is 2.47. The summed E-state index contributed by atoms with van der Waals surface area (Å²) in [7, 11) is 1.24. The van der Waals surface area contributed by atoms with Crippen LogP contribution < -0.4 is 0 Å². The summed E-state index contributed by atoms with van der Waals surface area (Å²) in [6.07, 6.45) is -2.67. The number of hydrogen-bond donors (Lipinski definition) is 0. The van der Waals surface area contributed by atoms with E-state index in [1.54, 1.807) is 0 Å². The fourth-order valence-electron chi connectivity index (χ4n) is 1.18. The summed E-state index contributed by atoms with van der Waals surface area (Å²) in [6.45, 7) is 0. The molecule has 88 valence electrons. The van der Waals surface area contributed by atoms with Gasteiger partial charge in [-0.2, -0.15) is 0 Å². The number of carbonyl (C=O) groups excluding carboxylic acids is 1. The Kier molecular flexibility index (Phi) is 4.79. The molecule has 0 spiro atoms. The van der Waals surface area contributed by atoms with E-state index in [4.69, 9.17) is 0 Å². The first-order chi connectivity index (χ1) is 7.56. The number of pyridine rings is 1. The Balaban J connectivity index is 2.99. The summed E-state index contributed by atoms with van der Waals surface area (Å²) < 4.78 is 29.5. The van der Waals surface area contributed by atoms with Crippen molar-refractivity contribution in [1.82, 2.24) is 4.98 Å². The molecule has 0 aromatic carbocycles. The molecule has 1 heterocycles. The van der Waals surface area contributed by atoms with Gasteiger partial charge in [-0.15, -0.1) is 0 Å². The van der Waals surface area contributed by atoms with Crippen molar-refractivity contribution in [2.75, 3.05) is 7.11 Å². The van der Waals surface area contributed by atoms with Crippen LogP contribution in [-0.4, -0.2) is 18.1 Å². The van der Waals surface area contributed by atoms with Gasteiger partial charge in [-0.1, -0.05) is 15.9 Å². The highest BCUT2D eigenvalue weighted by molar-refractivity contribution is 9.08. The van der Waals surface area contributed by atoms with Gasteiger partial charge < -0.3 is 4.74 Å². The van der Waals surface area contributed by atoms with Gasteiger partial charge in [-0.3, -0.25) is 9.78 Å². The maximum atomic E-state index is 12.5. The van der Waals surface area contributed by atoms with Crippen molar-refractivity contribution >= 4 is 21.9 Å². The SMILES string of the molecule is COC(=O)Cc1cc(C(F)F)cc(CBr)n1. The first kappa shape index (κ1) is 13.0. The van der Waals surface area contributed by atoms with Gasteiger partial charge in [-0.05, 0) is 12.1 Å². The Morgan fingerprint density at radius 3 is 2.62 bits per heavy atom. The number of rotatable bonds is 4. The number of carbonyl (C=O) groups is 1. The number of aromatic nitrogens is 1. The van der Waals surface area contributed by atoms with E-state index in [-0.39, 0.29) is 12.0 Å². The molecule has 1 aromatic rings. The van der Waals surface area contributed by atoms with Crippen LogP contribution in [0.3, 0.4) is 0 Å². The van der Waals surface area contributed by atoms with Gasteiger partial charge in [0.05, 0.1) is 24.9 Å². The van der Waals surface area contributed by atoms with Crippen molar-refractivity contribution in [2.45, 2.75) is 18.2 Å². The second-order valence-electron chi connectivity index (χ2n) is 3.07. The van der Waals surface area contributed by atoms with Crippen LogP contribution in [0.25, 0.3) is 0 Å². The number of halogens is 3. The Labute approximate surface area is 99.9 Å². The van der Waals surface area contributed by atoms with E-state index in [1.807, 2.05) is 0 Å². The lowest BCUT2D eigenvalue weighted by molar-refractivity contribution is -0.139. The lowest BCUT2D eigenvalue weighted by Crippen LogP contribution is -2.08. The lowest BCUT2D eigenvalue weighted by Gasteiger charge is -2.06. The fourth-order valence-corrected chi connectivity index (χ4v) is 1.47. The Bertz CT molecular complexity index is 385. The predicted molar refractivity (Wildman–Crippen MR) is 57.5 cm³/mol. The van der Waals surface area contributed by atoms with E-state index in [0.29, 0.717) is 16.7 Å². The van der Waals surface area contributed by atoms with Gasteiger partial charge in [0.25, 0.3) is 6.43 Å². The number of hydrogen-bond acceptors (Lipinski definition) is 3. The maximum Gasteiger partial charge on any atom is 0.311 e. The van der Waals surface area contributed by atoms with Crippen molar-refractivity contribution in [2.24, 2.45) is 0 Å². The topological polar surface area (TPSA) is 39.2 Å². The van der Waals surface area contributed by atoms with Crippen LogP contribution >= 0.6 is 15.9 Å². The zero-order chi connectivity index (χ0) is 12.1. The molecule has 0 aliphatic carbocycles. The van der Waals surface area contributed by atoms with Crippen LogP contribution in [0.4, 0.5) is 8.78 Å². The summed E-state index contributed by atoms with van der Waals surface area (Å²) in [5.41, 5.74) is 0.624. The molecular formula is C10H10BrF2NO2. The lowest BCUT2D eigenvalue weighted by atomic mass is 10.1. The van der Waals surface area contributed by atoms with Crippen molar-refractivity contribution in [3.63, 3.8) is 0 Å². The summed E-state index contributed by atoms with van der Waals surface area (Å²) in [4.78, 5) is 15.0. The minimum Gasteiger partial charge on any atom is -0.469 e. The molecule has 0 amide bonds. The number of alkyl halides is 3. The molecule has 1 aromatic heterocycles. The molecule has 0 N–H and O–H groups in total. The molecule has 0 unspecified atom stereocenters. The minimum atomic E-state index is -2.57. The van der Waals surface area contributed by atoms with Crippen LogP contribution in [0.5, 0.6) is 0 Å². The standard InChI is InChI=1S/C10H10BrF2NO2/c1-16-9(15)4-7-2-6(10(12)13)3-8(5-11)14-7/h2-3,10H,4-5H2,1H3. The zero-order valence-electron chi connectivity index (χ0n) is 8.54. The third kappa shape index (κ3) is 3.52. The second-order valence-corrected chi connectivity index (χ2v) is 3.63. The Morgan fingerprint density at radius 2 is 2.12 bits per heavy atom. The molecule has 0 saturated heterocycles. The number of esters is 1. The van der Waals surface area contributed by atoms with E-state index in [9.17, 15) is 13.6 Å². The average molecular weight is 294 g/mol. The van der Waals surface area contributed by atoms with E-state index in [0.717, 1.165) is 0 Å². The smallest absolute Gasteiger partial charge is 0.311 e. The molecule has 0 aliphatic heterocycles. The summed E-state index contributed by atoms with van der Waals surface area (Å²) in [5, 5.41) is 0.363. The largest absolute Gasteiger partial charge is 0.469 e. The van der Waals surface area contributed by atoms with E-state index < -0.39 is 12.4 Å². The van der Waals surface area contributed by atoms with Crippen LogP contribution in [0.2, 0.25) is 0 Å². The normalized spacial score (nSPS) is 10.6. The highest BCUT2D eigenvalue weighted by Gasteiger charge is 2.12. The second kappa shape index (κ2) is 5.89. The van der Waals surface area contributed by atoms with Crippen LogP contribution in [0, 0.1) is 0 Å². The average Bonchev–Trinajstić information content (AvgIpc) is 2.28. The summed E-state index contributed by atoms with van der Waals surface area (Å²) in [5.74, 6) is -0.501. The fraction of sp³-hybridized carbons (Fsp3) is 0.400. The van der Waals surface area contributed by atoms with Crippen molar-refractivity contribution in [3.05, 3.63) is 29.1 Å². The van der Waals surface area contributed by atoms with Gasteiger partial charge in [0.15, 0.2) is 0 Å². The predicted octanol–water partition coefficient (Wildman–Crippen LogP) is 2.63. The van der Waals surface area contributed by atoms with E-state index in [2.05, 4.69) is 25.7 Å². The Hall–Kier alpha value is -1.04. The Morgan fingerprint density at radius 1 is 1.50 bits per heavy atom. The van der Waals surface area contributed by atoms with Crippen LogP contribution in [-0.2, 0) is 21.3 Å². The van der Waals surface area contributed by atoms with Crippen LogP contribution in [0.15, 0.2) is 12.1 Å². The number of ether oxygens (including phenoxy) is 1. The van der Waals surface area contributed by atoms with Gasteiger partial charge >= 0.3 is 5.97 Å². The molecule has 0 atom stereocenters. The molecular weight excluding hydrogens is 284 g/mol. The highest BCUT2D eigenvalue weighted by Crippen LogP contribution is 2.21. The summed E-state index contributed by atoms with van der Waals surface area (Å²) >= 11 is 3.13.